The van der Waals surface area contributed by atoms with Crippen molar-refractivity contribution in [2.24, 2.45) is 0 Å². The van der Waals surface area contributed by atoms with Gasteiger partial charge < -0.3 is 4.74 Å². The zero-order valence-corrected chi connectivity index (χ0v) is 15.7. The molecule has 0 saturated heterocycles. The number of nitrogens with zero attached hydrogens (tertiary/aromatic N) is 3. The largest absolute Gasteiger partial charge is 0.444 e. The van der Waals surface area contributed by atoms with Crippen LogP contribution in [-0.2, 0) is 16.1 Å². The quantitative estimate of drug-likeness (QED) is 0.542. The molecule has 1 aromatic carbocycles. The molecule has 0 aliphatic carbocycles. The van der Waals surface area contributed by atoms with Crippen LogP contribution in [0.5, 0.6) is 0 Å². The maximum atomic E-state index is 11.6. The van der Waals surface area contributed by atoms with E-state index in [1.165, 1.54) is 19.1 Å². The van der Waals surface area contributed by atoms with E-state index >= 15 is 0 Å². The molecule has 1 heterocycles. The number of ether oxygens (including phenoxy) is 1. The van der Waals surface area contributed by atoms with E-state index < -0.39 is 12.1 Å². The Labute approximate surface area is 160 Å². The molecule has 130 valence electrons. The van der Waals surface area contributed by atoms with Gasteiger partial charge in [0.15, 0.2) is 6.10 Å². The number of benzene rings is 1. The molecule has 0 saturated carbocycles. The van der Waals surface area contributed by atoms with Crippen LogP contribution in [0.3, 0.4) is 0 Å². The van der Waals surface area contributed by atoms with Crippen LogP contribution in [0.4, 0.5) is 0 Å². The van der Waals surface area contributed by atoms with Crippen molar-refractivity contribution in [1.82, 2.24) is 9.78 Å². The molecule has 25 heavy (non-hydrogen) atoms. The summed E-state index contributed by atoms with van der Waals surface area (Å²) in [6.07, 6.45) is 1.91. The molecular weight excluding hydrogens is 385 g/mol. The Balaban J connectivity index is 2.20. The van der Waals surface area contributed by atoms with Crippen molar-refractivity contribution in [1.29, 1.82) is 5.26 Å². The van der Waals surface area contributed by atoms with Crippen molar-refractivity contribution in [3.63, 3.8) is 0 Å². The van der Waals surface area contributed by atoms with Crippen LogP contribution in [0.2, 0.25) is 15.2 Å². The molecule has 8 heteroatoms. The van der Waals surface area contributed by atoms with Crippen LogP contribution < -0.4 is 0 Å². The summed E-state index contributed by atoms with van der Waals surface area (Å²) in [5.74, 6) is -0.627. The minimum Gasteiger partial charge on any atom is -0.444 e. The van der Waals surface area contributed by atoms with Crippen LogP contribution >= 0.6 is 34.8 Å². The van der Waals surface area contributed by atoms with Gasteiger partial charge >= 0.3 is 5.97 Å². The second-order valence-corrected chi connectivity index (χ2v) is 6.43. The molecule has 1 unspecified atom stereocenters. The molecule has 0 fully saturated rings. The molecular formula is C17H14Cl3N3O2. The van der Waals surface area contributed by atoms with Crippen LogP contribution in [0.25, 0.3) is 6.08 Å². The van der Waals surface area contributed by atoms with Gasteiger partial charge in [-0.1, -0.05) is 40.9 Å². The molecule has 2 aromatic rings. The number of carbonyl (C=O) groups excluding carboxylic acids is 1. The maximum Gasteiger partial charge on any atom is 0.332 e. The summed E-state index contributed by atoms with van der Waals surface area (Å²) in [7, 11) is 0. The smallest absolute Gasteiger partial charge is 0.332 e. The van der Waals surface area contributed by atoms with Gasteiger partial charge in [-0.3, -0.25) is 0 Å². The number of aryl methyl sites for hydroxylation is 1. The first-order valence-electron chi connectivity index (χ1n) is 7.27. The summed E-state index contributed by atoms with van der Waals surface area (Å²) in [5, 5.41) is 14.4. The van der Waals surface area contributed by atoms with Gasteiger partial charge in [0.25, 0.3) is 0 Å². The van der Waals surface area contributed by atoms with Crippen LogP contribution in [0, 0.1) is 18.3 Å². The van der Waals surface area contributed by atoms with Crippen molar-refractivity contribution < 1.29 is 9.53 Å². The van der Waals surface area contributed by atoms with Crippen LogP contribution in [-0.4, -0.2) is 21.9 Å². The lowest BCUT2D eigenvalue weighted by Gasteiger charge is -2.06. The fraction of sp³-hybridized carbons (Fsp3) is 0.235. The van der Waals surface area contributed by atoms with Gasteiger partial charge in [0.05, 0.1) is 12.2 Å². The fourth-order valence-electron chi connectivity index (χ4n) is 2.06. The Hall–Kier alpha value is -2.00. The van der Waals surface area contributed by atoms with Crippen LogP contribution in [0.1, 0.15) is 23.7 Å². The lowest BCUT2D eigenvalue weighted by Crippen LogP contribution is -2.10. The number of hydrogen-bond donors (Lipinski definition) is 0. The average Bonchev–Trinajstić information content (AvgIpc) is 2.82. The van der Waals surface area contributed by atoms with Gasteiger partial charge in [-0.2, -0.15) is 10.4 Å². The Morgan fingerprint density at radius 1 is 1.44 bits per heavy atom. The summed E-state index contributed by atoms with van der Waals surface area (Å²) >= 11 is 18.4. The predicted molar refractivity (Wildman–Crippen MR) is 97.7 cm³/mol. The van der Waals surface area contributed by atoms with Crippen molar-refractivity contribution in [2.75, 3.05) is 0 Å². The zero-order chi connectivity index (χ0) is 18.6. The van der Waals surface area contributed by atoms with E-state index in [0.717, 1.165) is 5.56 Å². The Bertz CT molecular complexity index is 869. The van der Waals surface area contributed by atoms with Gasteiger partial charge in [-0.15, -0.1) is 0 Å². The average molecular weight is 399 g/mol. The molecule has 0 N–H and O–H groups in total. The monoisotopic (exact) mass is 397 g/mol. The molecule has 0 bridgehead atoms. The second-order valence-electron chi connectivity index (χ2n) is 5.22. The molecule has 0 amide bonds. The van der Waals surface area contributed by atoms with E-state index in [1.807, 2.05) is 6.07 Å². The Morgan fingerprint density at radius 2 is 2.16 bits per heavy atom. The van der Waals surface area contributed by atoms with E-state index in [2.05, 4.69) is 5.10 Å². The number of aromatic nitrogens is 2. The molecule has 1 aromatic heterocycles. The summed E-state index contributed by atoms with van der Waals surface area (Å²) in [6, 6.07) is 7.00. The van der Waals surface area contributed by atoms with Gasteiger partial charge in [0.1, 0.15) is 11.2 Å². The topological polar surface area (TPSA) is 67.9 Å². The third kappa shape index (κ3) is 4.99. The molecule has 0 radical (unpaired) electrons. The lowest BCUT2D eigenvalue weighted by molar-refractivity contribution is -0.139. The molecule has 0 aliphatic rings. The first-order chi connectivity index (χ1) is 11.8. The minimum atomic E-state index is -0.816. The first kappa shape index (κ1) is 19.3. The fourth-order valence-corrected chi connectivity index (χ4v) is 2.83. The van der Waals surface area contributed by atoms with E-state index in [-0.39, 0.29) is 0 Å². The zero-order valence-electron chi connectivity index (χ0n) is 13.5. The number of esters is 1. The lowest BCUT2D eigenvalue weighted by atomic mass is 10.2. The molecule has 5 nitrogen and oxygen atoms in total. The van der Waals surface area contributed by atoms with Crippen molar-refractivity contribution in [3.05, 3.63) is 56.3 Å². The van der Waals surface area contributed by atoms with E-state index in [0.29, 0.717) is 33.0 Å². The number of halogens is 3. The van der Waals surface area contributed by atoms with Gasteiger partial charge in [0.2, 0.25) is 0 Å². The third-order valence-electron chi connectivity index (χ3n) is 3.31. The molecule has 2 rings (SSSR count). The predicted octanol–water partition coefficient (Wildman–Crippen LogP) is 4.67. The number of hydrogen-bond acceptors (Lipinski definition) is 4. The van der Waals surface area contributed by atoms with Gasteiger partial charge in [0, 0.05) is 21.7 Å². The summed E-state index contributed by atoms with van der Waals surface area (Å²) < 4.78 is 6.42. The highest BCUT2D eigenvalue weighted by Crippen LogP contribution is 2.26. The highest BCUT2D eigenvalue weighted by molar-refractivity contribution is 6.35. The standard InChI is InChI=1S/C17H14Cl3N3O2/c1-10(8-21)25-16(24)6-5-14-11(2)22-23(17(14)20)9-12-3-4-13(18)7-15(12)19/h3-7,10H,9H2,1-2H3/b6-5+. The van der Waals surface area contributed by atoms with E-state index in [4.69, 9.17) is 44.8 Å². The second kappa shape index (κ2) is 8.39. The van der Waals surface area contributed by atoms with Crippen molar-refractivity contribution in [2.45, 2.75) is 26.5 Å². The summed E-state index contributed by atoms with van der Waals surface area (Å²) in [4.78, 5) is 11.6. The molecule has 1 atom stereocenters. The first-order valence-corrected chi connectivity index (χ1v) is 8.40. The van der Waals surface area contributed by atoms with Crippen molar-refractivity contribution in [3.8, 4) is 6.07 Å². The summed E-state index contributed by atoms with van der Waals surface area (Å²) in [6.45, 7) is 3.62. The van der Waals surface area contributed by atoms with E-state index in [1.54, 1.807) is 29.8 Å². The van der Waals surface area contributed by atoms with E-state index in [9.17, 15) is 4.79 Å². The normalized spacial score (nSPS) is 12.2. The SMILES string of the molecule is Cc1nn(Cc2ccc(Cl)cc2Cl)c(Cl)c1/C=C/C(=O)OC(C)C#N. The Morgan fingerprint density at radius 3 is 2.80 bits per heavy atom. The highest BCUT2D eigenvalue weighted by Gasteiger charge is 2.14. The molecule has 0 aliphatic heterocycles. The van der Waals surface area contributed by atoms with Gasteiger partial charge in [-0.25, -0.2) is 9.48 Å². The maximum absolute atomic E-state index is 11.6. The highest BCUT2D eigenvalue weighted by atomic mass is 35.5. The number of rotatable bonds is 5. The number of nitriles is 1. The third-order valence-corrected chi connectivity index (χ3v) is 4.29. The Kier molecular flexibility index (Phi) is 6.49. The minimum absolute atomic E-state index is 0.361. The van der Waals surface area contributed by atoms with Gasteiger partial charge in [-0.05, 0) is 37.6 Å². The molecule has 0 spiro atoms. The van der Waals surface area contributed by atoms with Crippen molar-refractivity contribution >= 4 is 46.8 Å². The summed E-state index contributed by atoms with van der Waals surface area (Å²) in [5.41, 5.74) is 2.05. The van der Waals surface area contributed by atoms with Crippen LogP contribution in [0.15, 0.2) is 24.3 Å². The number of carbonyl (C=O) groups is 1.